The monoisotopic (exact) mass is 297 g/mol. The molecular formula is C9H4BrF4NO. The summed E-state index contributed by atoms with van der Waals surface area (Å²) in [6.45, 7) is 0. The number of nitrogens with zero attached hydrogens (tertiary/aromatic N) is 1. The van der Waals surface area contributed by atoms with E-state index in [0.717, 1.165) is 12.1 Å². The highest BCUT2D eigenvalue weighted by molar-refractivity contribution is 9.10. The highest BCUT2D eigenvalue weighted by atomic mass is 79.9. The lowest BCUT2D eigenvalue weighted by molar-refractivity contribution is -0.252. The highest BCUT2D eigenvalue weighted by Gasteiger charge is 2.57. The van der Waals surface area contributed by atoms with Gasteiger partial charge in [-0.15, -0.1) is 0 Å². The van der Waals surface area contributed by atoms with Crippen molar-refractivity contribution in [1.29, 1.82) is 5.26 Å². The lowest BCUT2D eigenvalue weighted by Gasteiger charge is -2.22. The number of hydrogen-bond donors (Lipinski definition) is 0. The van der Waals surface area contributed by atoms with Crippen molar-refractivity contribution in [2.75, 3.05) is 0 Å². The Labute approximate surface area is 96.6 Å². The van der Waals surface area contributed by atoms with Crippen LogP contribution in [0, 0.1) is 11.3 Å². The second kappa shape index (κ2) is 4.29. The second-order valence-electron chi connectivity index (χ2n) is 2.75. The zero-order valence-corrected chi connectivity index (χ0v) is 9.14. The van der Waals surface area contributed by atoms with Crippen molar-refractivity contribution in [3.8, 4) is 11.8 Å². The van der Waals surface area contributed by atoms with Crippen molar-refractivity contribution in [3.05, 3.63) is 29.8 Å². The Morgan fingerprint density at radius 1 is 1.12 bits per heavy atom. The van der Waals surface area contributed by atoms with Gasteiger partial charge in [0.2, 0.25) is 0 Å². The fraction of sp³-hybridized carbons (Fsp3) is 0.222. The fourth-order valence-electron chi connectivity index (χ4n) is 0.803. The third-order valence-corrected chi connectivity index (χ3v) is 2.17. The molecule has 0 aliphatic carbocycles. The van der Waals surface area contributed by atoms with E-state index in [1.807, 2.05) is 0 Å². The van der Waals surface area contributed by atoms with Gasteiger partial charge >= 0.3 is 10.9 Å². The van der Waals surface area contributed by atoms with E-state index in [1.54, 1.807) is 22.0 Å². The molecular weight excluding hydrogens is 294 g/mol. The molecule has 0 aliphatic rings. The maximum atomic E-state index is 13.0. The molecule has 0 heterocycles. The number of benzene rings is 1. The van der Waals surface area contributed by atoms with Crippen molar-refractivity contribution >= 4 is 15.9 Å². The van der Waals surface area contributed by atoms with Gasteiger partial charge in [0.25, 0.3) is 0 Å². The van der Waals surface area contributed by atoms with Crippen LogP contribution in [0.4, 0.5) is 17.6 Å². The molecule has 86 valence electrons. The topological polar surface area (TPSA) is 33.0 Å². The van der Waals surface area contributed by atoms with Crippen LogP contribution in [-0.4, -0.2) is 10.9 Å². The van der Waals surface area contributed by atoms with E-state index in [9.17, 15) is 17.6 Å². The fourth-order valence-corrected chi connectivity index (χ4v) is 0.990. The molecule has 7 heteroatoms. The van der Waals surface area contributed by atoms with E-state index in [0.29, 0.717) is 0 Å². The lowest BCUT2D eigenvalue weighted by atomic mass is 10.2. The zero-order valence-electron chi connectivity index (χ0n) is 7.55. The number of halogens is 5. The molecule has 0 saturated heterocycles. The average Bonchev–Trinajstić information content (AvgIpc) is 2.16. The summed E-state index contributed by atoms with van der Waals surface area (Å²) in [4.78, 5) is 0. The third kappa shape index (κ3) is 2.85. The largest absolute Gasteiger partial charge is 0.472 e. The lowest BCUT2D eigenvalue weighted by Crippen LogP contribution is -2.40. The Morgan fingerprint density at radius 3 is 2.00 bits per heavy atom. The molecule has 0 N–H and O–H groups in total. The highest BCUT2D eigenvalue weighted by Crippen LogP contribution is 2.40. The van der Waals surface area contributed by atoms with Crippen LogP contribution in [0.5, 0.6) is 5.75 Å². The first-order valence-corrected chi connectivity index (χ1v) is 4.69. The number of nitriles is 1. The molecule has 0 bridgehead atoms. The van der Waals surface area contributed by atoms with E-state index >= 15 is 0 Å². The van der Waals surface area contributed by atoms with Gasteiger partial charge in [-0.25, -0.2) is 0 Å². The zero-order chi connectivity index (χ0) is 12.4. The third-order valence-electron chi connectivity index (χ3n) is 1.56. The summed E-state index contributed by atoms with van der Waals surface area (Å²) in [5, 5.41) is 8.44. The molecule has 1 atom stereocenters. The minimum absolute atomic E-state index is 0.235. The molecule has 2 nitrogen and oxygen atoms in total. The van der Waals surface area contributed by atoms with Crippen LogP contribution in [-0.2, 0) is 0 Å². The first-order chi connectivity index (χ1) is 7.26. The number of rotatable bonds is 2. The van der Waals surface area contributed by atoms with Gasteiger partial charge < -0.3 is 4.74 Å². The molecule has 0 radical (unpaired) electrons. The summed E-state index contributed by atoms with van der Waals surface area (Å²) in [6.07, 6.45) is -5.19. The molecule has 1 unspecified atom stereocenters. The minimum atomic E-state index is -5.19. The Hall–Kier alpha value is -1.29. The molecule has 0 fully saturated rings. The maximum absolute atomic E-state index is 13.0. The molecule has 0 aromatic heterocycles. The Morgan fingerprint density at radius 2 is 1.62 bits per heavy atom. The minimum Gasteiger partial charge on any atom is -0.442 e. The van der Waals surface area contributed by atoms with Gasteiger partial charge in [-0.2, -0.15) is 22.8 Å². The van der Waals surface area contributed by atoms with Crippen molar-refractivity contribution in [3.63, 3.8) is 0 Å². The van der Waals surface area contributed by atoms with Crippen LogP contribution in [0.2, 0.25) is 0 Å². The smallest absolute Gasteiger partial charge is 0.442 e. The van der Waals surface area contributed by atoms with Crippen molar-refractivity contribution in [2.24, 2.45) is 0 Å². The van der Waals surface area contributed by atoms with E-state index in [2.05, 4.69) is 4.74 Å². The quantitative estimate of drug-likeness (QED) is 0.618. The molecule has 1 aromatic carbocycles. The standard InChI is InChI=1S/C9H4BrF4NO/c10-8(11,9(12,13)14)16-7-3-1-6(5-15)2-4-7/h1-4H. The summed E-state index contributed by atoms with van der Waals surface area (Å²) in [6, 6.07) is 6.34. The van der Waals surface area contributed by atoms with Gasteiger partial charge in [0.1, 0.15) is 5.75 Å². The normalized spacial score (nSPS) is 15.0. The Kier molecular flexibility index (Phi) is 3.43. The van der Waals surface area contributed by atoms with Crippen LogP contribution in [0.15, 0.2) is 24.3 Å². The van der Waals surface area contributed by atoms with Gasteiger partial charge in [-0.05, 0) is 24.3 Å². The van der Waals surface area contributed by atoms with E-state index in [1.165, 1.54) is 12.1 Å². The summed E-state index contributed by atoms with van der Waals surface area (Å²) in [7, 11) is 0. The van der Waals surface area contributed by atoms with Gasteiger partial charge in [-0.1, -0.05) is 0 Å². The van der Waals surface area contributed by atoms with Crippen LogP contribution in [0.1, 0.15) is 5.56 Å². The molecule has 0 amide bonds. The molecule has 0 spiro atoms. The SMILES string of the molecule is N#Cc1ccc(OC(F)(Br)C(F)(F)F)cc1. The van der Waals surface area contributed by atoms with E-state index in [4.69, 9.17) is 5.26 Å². The molecule has 1 rings (SSSR count). The molecule has 0 aliphatic heterocycles. The number of alkyl halides is 5. The van der Waals surface area contributed by atoms with Gasteiger partial charge in [0.05, 0.1) is 11.6 Å². The number of ether oxygens (including phenoxy) is 1. The predicted octanol–water partition coefficient (Wildman–Crippen LogP) is 3.52. The van der Waals surface area contributed by atoms with Gasteiger partial charge in [-0.3, -0.25) is 0 Å². The van der Waals surface area contributed by atoms with Crippen LogP contribution in [0.3, 0.4) is 0 Å². The summed E-state index contributed by atoms with van der Waals surface area (Å²) < 4.78 is 49.3. The van der Waals surface area contributed by atoms with Crippen LogP contribution >= 0.6 is 15.9 Å². The van der Waals surface area contributed by atoms with Crippen molar-refractivity contribution in [1.82, 2.24) is 0 Å². The summed E-state index contributed by atoms with van der Waals surface area (Å²) in [5.74, 6) is -0.337. The first-order valence-electron chi connectivity index (χ1n) is 3.90. The average molecular weight is 298 g/mol. The predicted molar refractivity (Wildman–Crippen MR) is 50.6 cm³/mol. The molecule has 0 saturated carbocycles. The Balaban J connectivity index is 2.85. The van der Waals surface area contributed by atoms with E-state index in [-0.39, 0.29) is 11.3 Å². The summed E-state index contributed by atoms with van der Waals surface area (Å²) >= 11 is 1.80. The number of hydrogen-bond acceptors (Lipinski definition) is 2. The van der Waals surface area contributed by atoms with Crippen molar-refractivity contribution < 1.29 is 22.3 Å². The molecule has 16 heavy (non-hydrogen) atoms. The van der Waals surface area contributed by atoms with E-state index < -0.39 is 10.9 Å². The molecule has 1 aromatic rings. The first kappa shape index (κ1) is 12.8. The Bertz CT molecular complexity index is 407. The second-order valence-corrected chi connectivity index (χ2v) is 3.77. The van der Waals surface area contributed by atoms with Crippen LogP contribution in [0.25, 0.3) is 0 Å². The van der Waals surface area contributed by atoms with Crippen molar-refractivity contribution in [2.45, 2.75) is 10.9 Å². The summed E-state index contributed by atoms with van der Waals surface area (Å²) in [5.41, 5.74) is 0.235. The van der Waals surface area contributed by atoms with Gasteiger partial charge in [0.15, 0.2) is 0 Å². The maximum Gasteiger partial charge on any atom is 0.472 e. The van der Waals surface area contributed by atoms with Gasteiger partial charge in [0, 0.05) is 15.9 Å². The van der Waals surface area contributed by atoms with Crippen LogP contribution < -0.4 is 4.74 Å².